The second kappa shape index (κ2) is 12.4. The van der Waals surface area contributed by atoms with E-state index in [2.05, 4.69) is 10.1 Å². The van der Waals surface area contributed by atoms with E-state index in [9.17, 15) is 45.4 Å². The molecule has 4 aromatic rings. The third-order valence-electron chi connectivity index (χ3n) is 6.46. The van der Waals surface area contributed by atoms with Gasteiger partial charge in [-0.25, -0.2) is 18.4 Å². The fourth-order valence-electron chi connectivity index (χ4n) is 4.26. The van der Waals surface area contributed by atoms with Gasteiger partial charge in [-0.05, 0) is 37.3 Å². The van der Waals surface area contributed by atoms with Crippen LogP contribution >= 0.6 is 11.6 Å². The van der Waals surface area contributed by atoms with Crippen LogP contribution in [0.2, 0.25) is 5.02 Å². The Labute approximate surface area is 253 Å². The van der Waals surface area contributed by atoms with Crippen molar-refractivity contribution in [3.63, 3.8) is 0 Å². The van der Waals surface area contributed by atoms with Gasteiger partial charge in [0.15, 0.2) is 17.4 Å². The molecule has 0 aliphatic rings. The SMILES string of the molecule is CCOc1c(C(N)=O)cc([C@@](O)(CNC(=O)c2cc(OC)c3nn(C(F)F)cc3c2)C(F)(F)F)nc1-c1cc(F)c(F)c(Cl)c1. The van der Waals surface area contributed by atoms with Crippen LogP contribution in [0.5, 0.6) is 11.5 Å². The molecule has 4 rings (SSSR count). The number of fused-ring (bicyclic) bond motifs is 1. The quantitative estimate of drug-likeness (QED) is 0.158. The molecule has 45 heavy (non-hydrogen) atoms. The zero-order valence-electron chi connectivity index (χ0n) is 23.0. The number of carbonyl (C=O) groups is 2. The molecular formula is C27H21ClF7N5O5. The number of nitrogens with one attached hydrogen (secondary N) is 1. The Morgan fingerprint density at radius 2 is 1.84 bits per heavy atom. The van der Waals surface area contributed by atoms with Crippen molar-refractivity contribution in [1.29, 1.82) is 0 Å². The number of aliphatic hydroxyl groups is 1. The fraction of sp³-hybridized carbons (Fsp3) is 0.259. The summed E-state index contributed by atoms with van der Waals surface area (Å²) >= 11 is 5.72. The minimum absolute atomic E-state index is 0.0139. The first kappa shape index (κ1) is 33.3. The van der Waals surface area contributed by atoms with E-state index in [0.29, 0.717) is 12.1 Å². The Bertz CT molecular complexity index is 1780. The molecule has 0 spiro atoms. The number of carbonyl (C=O) groups excluding carboxylic acids is 2. The summed E-state index contributed by atoms with van der Waals surface area (Å²) in [5.74, 6) is -6.22. The minimum Gasteiger partial charge on any atom is -0.494 e. The number of alkyl halides is 5. The third kappa shape index (κ3) is 6.30. The van der Waals surface area contributed by atoms with E-state index in [1.165, 1.54) is 6.92 Å². The number of hydrogen-bond donors (Lipinski definition) is 3. The highest BCUT2D eigenvalue weighted by atomic mass is 35.5. The van der Waals surface area contributed by atoms with E-state index in [1.807, 2.05) is 5.32 Å². The van der Waals surface area contributed by atoms with Gasteiger partial charge in [-0.2, -0.15) is 27.1 Å². The Morgan fingerprint density at radius 1 is 1.16 bits per heavy atom. The molecule has 0 radical (unpaired) electrons. The molecule has 2 aromatic heterocycles. The molecular weight excluding hydrogens is 643 g/mol. The predicted octanol–water partition coefficient (Wildman–Crippen LogP) is 5.11. The summed E-state index contributed by atoms with van der Waals surface area (Å²) < 4.78 is 109. The molecule has 2 heterocycles. The van der Waals surface area contributed by atoms with Gasteiger partial charge < -0.3 is 25.6 Å². The van der Waals surface area contributed by atoms with Crippen LogP contribution in [0.1, 0.15) is 39.9 Å². The number of aromatic nitrogens is 3. The Balaban J connectivity index is 1.82. The van der Waals surface area contributed by atoms with Gasteiger partial charge in [0.2, 0.25) is 5.60 Å². The average molecular weight is 664 g/mol. The number of nitrogens with zero attached hydrogens (tertiary/aromatic N) is 3. The normalized spacial score (nSPS) is 13.2. The zero-order valence-corrected chi connectivity index (χ0v) is 23.7. The van der Waals surface area contributed by atoms with Gasteiger partial charge in [-0.3, -0.25) is 9.59 Å². The van der Waals surface area contributed by atoms with Crippen molar-refractivity contribution in [2.24, 2.45) is 5.73 Å². The number of hydrogen-bond acceptors (Lipinski definition) is 7. The summed E-state index contributed by atoms with van der Waals surface area (Å²) in [6.45, 7) is -3.40. The summed E-state index contributed by atoms with van der Waals surface area (Å²) in [5.41, 5.74) is -2.17. The number of amides is 2. The van der Waals surface area contributed by atoms with Crippen LogP contribution in [-0.2, 0) is 5.60 Å². The van der Waals surface area contributed by atoms with Gasteiger partial charge in [0, 0.05) is 22.7 Å². The first-order valence-corrected chi connectivity index (χ1v) is 13.0. The van der Waals surface area contributed by atoms with Crippen molar-refractivity contribution in [1.82, 2.24) is 20.1 Å². The van der Waals surface area contributed by atoms with Crippen LogP contribution in [0, 0.1) is 11.6 Å². The Hall–Kier alpha value is -4.64. The Kier molecular flexibility index (Phi) is 9.16. The third-order valence-corrected chi connectivity index (χ3v) is 6.73. The average Bonchev–Trinajstić information content (AvgIpc) is 3.42. The first-order chi connectivity index (χ1) is 21.0. The van der Waals surface area contributed by atoms with Gasteiger partial charge in [0.1, 0.15) is 17.0 Å². The lowest BCUT2D eigenvalue weighted by Gasteiger charge is -2.31. The molecule has 1 atom stereocenters. The maximum absolute atomic E-state index is 14.5. The van der Waals surface area contributed by atoms with Crippen LogP contribution < -0.4 is 20.5 Å². The van der Waals surface area contributed by atoms with Gasteiger partial charge in [0.05, 0.1) is 36.5 Å². The molecule has 0 unspecified atom stereocenters. The van der Waals surface area contributed by atoms with Crippen molar-refractivity contribution in [3.8, 4) is 22.8 Å². The zero-order chi connectivity index (χ0) is 33.4. The number of nitrogens with two attached hydrogens (primary N) is 1. The van der Waals surface area contributed by atoms with Crippen LogP contribution in [0.25, 0.3) is 22.2 Å². The molecule has 0 saturated carbocycles. The molecule has 2 aromatic carbocycles. The monoisotopic (exact) mass is 663 g/mol. The van der Waals surface area contributed by atoms with Gasteiger partial charge in [-0.15, -0.1) is 0 Å². The van der Waals surface area contributed by atoms with Crippen LogP contribution in [-0.4, -0.2) is 58.1 Å². The lowest BCUT2D eigenvalue weighted by Crippen LogP contribution is -2.51. The molecule has 18 heteroatoms. The van der Waals surface area contributed by atoms with Crippen molar-refractivity contribution in [2.75, 3.05) is 20.3 Å². The van der Waals surface area contributed by atoms with E-state index in [0.717, 1.165) is 31.5 Å². The van der Waals surface area contributed by atoms with E-state index < -0.39 is 81.6 Å². The van der Waals surface area contributed by atoms with Gasteiger partial charge >= 0.3 is 12.7 Å². The maximum atomic E-state index is 14.5. The number of rotatable bonds is 10. The lowest BCUT2D eigenvalue weighted by molar-refractivity contribution is -0.265. The first-order valence-electron chi connectivity index (χ1n) is 12.6. The lowest BCUT2D eigenvalue weighted by atomic mass is 9.94. The van der Waals surface area contributed by atoms with Crippen molar-refractivity contribution < 1.29 is 54.9 Å². The van der Waals surface area contributed by atoms with Gasteiger partial charge in [0.25, 0.3) is 11.8 Å². The smallest absolute Gasteiger partial charge is 0.424 e. The topological polar surface area (TPSA) is 142 Å². The standard InChI is InChI=1S/C27H21ClF7N5O5/c1-3-45-22-14(23(36)41)8-18(38-21(22)11-5-15(28)19(30)16(29)6-11)26(43,27(33,34)35)10-37-24(42)12-4-13-9-40(25(31)32)39-20(13)17(7-12)44-2/h4-9,25,43H,3,10H2,1-2H3,(H2,36,41)(H,37,42)/t26-/m0/s1. The van der Waals surface area contributed by atoms with Crippen molar-refractivity contribution >= 4 is 34.3 Å². The summed E-state index contributed by atoms with van der Waals surface area (Å²) in [4.78, 5) is 29.1. The van der Waals surface area contributed by atoms with Crippen LogP contribution in [0.15, 0.2) is 36.5 Å². The highest BCUT2D eigenvalue weighted by Crippen LogP contribution is 2.42. The predicted molar refractivity (Wildman–Crippen MR) is 144 cm³/mol. The van der Waals surface area contributed by atoms with Crippen LogP contribution in [0.4, 0.5) is 30.7 Å². The molecule has 0 bridgehead atoms. The minimum atomic E-state index is -5.58. The maximum Gasteiger partial charge on any atom is 0.424 e. The largest absolute Gasteiger partial charge is 0.494 e. The number of primary amides is 1. The summed E-state index contributed by atoms with van der Waals surface area (Å²) in [5, 5.41) is 15.8. The van der Waals surface area contributed by atoms with E-state index in [1.54, 1.807) is 0 Å². The van der Waals surface area contributed by atoms with Gasteiger partial charge in [-0.1, -0.05) is 11.6 Å². The number of pyridine rings is 1. The molecule has 2 amide bonds. The van der Waals surface area contributed by atoms with E-state index in [-0.39, 0.29) is 33.5 Å². The highest BCUT2D eigenvalue weighted by molar-refractivity contribution is 6.31. The second-order valence-electron chi connectivity index (χ2n) is 9.33. The number of halogens is 8. The number of benzene rings is 2. The van der Waals surface area contributed by atoms with E-state index in [4.69, 9.17) is 26.8 Å². The summed E-state index contributed by atoms with van der Waals surface area (Å²) in [7, 11) is 1.14. The molecule has 240 valence electrons. The highest BCUT2D eigenvalue weighted by Gasteiger charge is 2.57. The molecule has 4 N–H and O–H groups in total. The molecule has 10 nitrogen and oxygen atoms in total. The number of methoxy groups -OCH3 is 1. The second-order valence-corrected chi connectivity index (χ2v) is 9.73. The van der Waals surface area contributed by atoms with E-state index >= 15 is 0 Å². The van der Waals surface area contributed by atoms with Crippen LogP contribution in [0.3, 0.4) is 0 Å². The molecule has 0 fully saturated rings. The fourth-order valence-corrected chi connectivity index (χ4v) is 4.47. The summed E-state index contributed by atoms with van der Waals surface area (Å²) in [6.07, 6.45) is -4.70. The van der Waals surface area contributed by atoms with Crippen molar-refractivity contribution in [3.05, 3.63) is 70.0 Å². The molecule has 0 aliphatic carbocycles. The molecule has 0 aliphatic heterocycles. The summed E-state index contributed by atoms with van der Waals surface area (Å²) in [6, 6.07) is 3.88. The van der Waals surface area contributed by atoms with Crippen molar-refractivity contribution in [2.45, 2.75) is 25.3 Å². The number of ether oxygens (including phenoxy) is 2. The molecule has 0 saturated heterocycles. The Morgan fingerprint density at radius 3 is 2.40 bits per heavy atom.